The molecular formula is C13H17CoO8-7. The van der Waals surface area contributed by atoms with E-state index in [4.69, 9.17) is 38.7 Å². The number of terminal acetylenes is 1. The molecule has 0 rings (SSSR count). The van der Waals surface area contributed by atoms with E-state index in [-0.39, 0.29) is 16.8 Å². The van der Waals surface area contributed by atoms with Crippen molar-refractivity contribution in [3.8, 4) is 12.3 Å². The van der Waals surface area contributed by atoms with Crippen LogP contribution in [0.1, 0.15) is 20.8 Å². The zero-order valence-corrected chi connectivity index (χ0v) is 13.2. The fourth-order valence-corrected chi connectivity index (χ4v) is 0. The summed E-state index contributed by atoms with van der Waals surface area (Å²) in [6.45, 7) is 25.8. The van der Waals surface area contributed by atoms with Crippen LogP contribution in [0, 0.1) is 18.3 Å². The molecule has 0 aromatic heterocycles. The van der Waals surface area contributed by atoms with Gasteiger partial charge in [0.05, 0.1) is 0 Å². The smallest absolute Gasteiger partial charge is 0.381 e. The van der Waals surface area contributed by atoms with Crippen molar-refractivity contribution in [3.63, 3.8) is 0 Å². The number of carboxylic acid groups (broad SMARTS) is 1. The van der Waals surface area contributed by atoms with Crippen molar-refractivity contribution in [2.75, 3.05) is 0 Å². The van der Waals surface area contributed by atoms with Crippen molar-refractivity contribution in [1.82, 2.24) is 0 Å². The predicted molar refractivity (Wildman–Crippen MR) is 77.2 cm³/mol. The van der Waals surface area contributed by atoms with Gasteiger partial charge in [-0.05, 0) is 0 Å². The van der Waals surface area contributed by atoms with Crippen molar-refractivity contribution in [2.45, 2.75) is 20.8 Å². The minimum atomic E-state index is -1.22. The Labute approximate surface area is 141 Å². The summed E-state index contributed by atoms with van der Waals surface area (Å²) in [5.41, 5.74) is 0. The summed E-state index contributed by atoms with van der Waals surface area (Å²) >= 11 is 0. The Kier molecular flexibility index (Phi) is 757. The Hall–Kier alpha value is -2.44. The fourth-order valence-electron chi connectivity index (χ4n) is 0. The summed E-state index contributed by atoms with van der Waals surface area (Å²) in [6, 6.07) is 0. The molecule has 0 aromatic rings. The molecule has 8 nitrogen and oxygen atoms in total. The van der Waals surface area contributed by atoms with Crippen LogP contribution in [0.15, 0.2) is 0 Å². The van der Waals surface area contributed by atoms with Crippen molar-refractivity contribution in [2.24, 2.45) is 0 Å². The second-order valence-corrected chi connectivity index (χ2v) is 1.95. The summed E-state index contributed by atoms with van der Waals surface area (Å²) in [6.07, 6.45) is 4.32. The largest absolute Gasteiger partial charge is 0.545 e. The van der Waals surface area contributed by atoms with Gasteiger partial charge in [-0.2, -0.15) is 20.8 Å². The molecule has 0 spiro atoms. The molecule has 0 unspecified atom stereocenters. The third-order valence-electron chi connectivity index (χ3n) is 0.123. The molecule has 22 heavy (non-hydrogen) atoms. The van der Waals surface area contributed by atoms with Crippen LogP contribution in [0.25, 0.3) is 0 Å². The zero-order chi connectivity index (χ0) is 19.9. The Morgan fingerprint density at radius 2 is 0.818 bits per heavy atom. The average Bonchev–Trinajstić information content (AvgIpc) is 2.58. The van der Waals surface area contributed by atoms with Gasteiger partial charge >= 0.3 is 5.97 Å². The van der Waals surface area contributed by atoms with E-state index in [2.05, 4.69) is 67.9 Å². The normalized spacial score (nSPS) is 3.95. The van der Waals surface area contributed by atoms with Gasteiger partial charge in [-0.3, -0.25) is 40.7 Å². The van der Waals surface area contributed by atoms with Crippen molar-refractivity contribution in [3.05, 3.63) is 5.92 Å². The first kappa shape index (κ1) is 60.4. The molecule has 0 saturated heterocycles. The van der Waals surface area contributed by atoms with Crippen LogP contribution < -0.4 is 0 Å². The predicted octanol–water partition coefficient (Wildman–Crippen LogP) is -0.322. The fraction of sp³-hybridized carbons (Fsp3) is 0.231. The maximum atomic E-state index is 9.13. The van der Waals surface area contributed by atoms with Gasteiger partial charge < -0.3 is 39.8 Å². The molecule has 0 heterocycles. The molecule has 0 bridgehead atoms. The molecule has 0 atom stereocenters. The van der Waals surface area contributed by atoms with Crippen LogP contribution in [-0.2, 0) is 50.3 Å². The van der Waals surface area contributed by atoms with Crippen molar-refractivity contribution < 1.29 is 55.4 Å². The minimum absolute atomic E-state index is 0. The van der Waals surface area contributed by atoms with Crippen LogP contribution in [0.2, 0.25) is 0 Å². The molecule has 1 N–H and O–H groups in total. The number of hydrogen-bond acceptors (Lipinski definition) is 7. The Bertz CT molecular complexity index is 177. The van der Waals surface area contributed by atoms with E-state index in [1.807, 2.05) is 0 Å². The van der Waals surface area contributed by atoms with E-state index >= 15 is 0 Å². The summed E-state index contributed by atoms with van der Waals surface area (Å²) in [7, 11) is 0. The van der Waals surface area contributed by atoms with Crippen molar-refractivity contribution >= 4 is 46.7 Å². The third-order valence-corrected chi connectivity index (χ3v) is 0.123. The molecule has 0 aromatic carbocycles. The zero-order valence-electron chi connectivity index (χ0n) is 12.2. The molecule has 0 aliphatic carbocycles. The van der Waals surface area contributed by atoms with E-state index < -0.39 is 5.97 Å². The summed E-state index contributed by atoms with van der Waals surface area (Å²) in [4.78, 5) is 55.6. The average molecular weight is 360 g/mol. The first-order valence-corrected chi connectivity index (χ1v) is 3.88. The van der Waals surface area contributed by atoms with Gasteiger partial charge in [-0.1, -0.05) is 0 Å². The first-order chi connectivity index (χ1) is 10.0. The Morgan fingerprint density at radius 3 is 0.818 bits per heavy atom. The molecular weight excluding hydrogens is 343 g/mol. The number of carboxylic acids is 1. The molecule has 0 fully saturated rings. The van der Waals surface area contributed by atoms with Gasteiger partial charge in [0.2, 0.25) is 0 Å². The molecule has 0 aliphatic heterocycles. The van der Waals surface area contributed by atoms with Gasteiger partial charge in [0, 0.05) is 22.7 Å². The third kappa shape index (κ3) is 24500. The van der Waals surface area contributed by atoms with E-state index in [0.717, 1.165) is 0 Å². The molecule has 0 saturated carbocycles. The summed E-state index contributed by atoms with van der Waals surface area (Å²) in [5.74, 6) is 1.64. The summed E-state index contributed by atoms with van der Waals surface area (Å²) < 4.78 is 0. The Morgan fingerprint density at radius 1 is 0.773 bits per heavy atom. The van der Waals surface area contributed by atoms with Gasteiger partial charge in [0.25, 0.3) is 0 Å². The molecule has 9 heteroatoms. The second kappa shape index (κ2) is 275. The van der Waals surface area contributed by atoms with E-state index in [0.29, 0.717) is 0 Å². The second-order valence-electron chi connectivity index (χ2n) is 1.95. The van der Waals surface area contributed by atoms with E-state index in [1.165, 1.54) is 11.8 Å². The van der Waals surface area contributed by atoms with Gasteiger partial charge in [-0.15, -0.1) is 6.42 Å². The van der Waals surface area contributed by atoms with Crippen LogP contribution in [0.4, 0.5) is 0 Å². The number of hydrogen-bond donors (Lipinski definition) is 1. The minimum Gasteiger partial charge on any atom is -0.545 e. The number of carbonyl (C=O) groups is 1. The quantitative estimate of drug-likeness (QED) is 0.352. The molecule has 0 amide bonds. The Balaban J connectivity index is -0.0000000130. The molecule has 1 radical (unpaired) electrons. The maximum absolute atomic E-state index is 9.13. The number of carbonyl (C=O) groups excluding carboxylic acids is 6. The SMILES string of the molecule is C#CC(=O)O.C[C-](C)C.[CH-]=O.[CH-]=O.[CH-]=O.[CH-]=O.[CH-]=O.[CH-]=O.[Co]. The van der Waals surface area contributed by atoms with Crippen LogP contribution in [0.5, 0.6) is 0 Å². The van der Waals surface area contributed by atoms with E-state index in [9.17, 15) is 0 Å². The monoisotopic (exact) mass is 360 g/mol. The van der Waals surface area contributed by atoms with Gasteiger partial charge in [-0.25, -0.2) is 4.79 Å². The molecule has 133 valence electrons. The van der Waals surface area contributed by atoms with Crippen LogP contribution in [0.3, 0.4) is 0 Å². The first-order valence-electron chi connectivity index (χ1n) is 3.88. The standard InChI is InChI=1S/C4H9.C3H2O2.6CHO.Co/c1-4(2)3;1-2-3(4)5;6*1-2;/h1-3H3;1H,(H,4,5);6*1H;/q-1;;6*-1;. The van der Waals surface area contributed by atoms with Gasteiger partial charge in [0.15, 0.2) is 0 Å². The topological polar surface area (TPSA) is 140 Å². The van der Waals surface area contributed by atoms with E-state index in [1.54, 1.807) is 0 Å². The van der Waals surface area contributed by atoms with Gasteiger partial charge in [0.1, 0.15) is 0 Å². The maximum Gasteiger partial charge on any atom is 0.381 e. The van der Waals surface area contributed by atoms with Crippen molar-refractivity contribution in [1.29, 1.82) is 0 Å². The summed E-state index contributed by atoms with van der Waals surface area (Å²) in [5, 5.41) is 7.49. The van der Waals surface area contributed by atoms with Crippen LogP contribution in [-0.4, -0.2) is 51.8 Å². The number of aliphatic carboxylic acids is 1. The van der Waals surface area contributed by atoms with Crippen LogP contribution >= 0.6 is 0 Å². The number of rotatable bonds is 0. The molecule has 0 aliphatic rings.